The Labute approximate surface area is 178 Å². The van der Waals surface area contributed by atoms with Crippen LogP contribution in [0, 0.1) is 23.7 Å². The highest BCUT2D eigenvalue weighted by atomic mass is 35.5. The van der Waals surface area contributed by atoms with E-state index in [0.29, 0.717) is 5.88 Å². The third-order valence-corrected chi connectivity index (χ3v) is 8.11. The molecule has 0 spiro atoms. The second-order valence-corrected chi connectivity index (χ2v) is 13.5. The molecule has 1 aromatic rings. The van der Waals surface area contributed by atoms with E-state index in [4.69, 9.17) is 16.0 Å². The molecule has 4 bridgehead atoms. The zero-order valence-corrected chi connectivity index (χ0v) is 20.3. The molecule has 0 saturated heterocycles. The number of hydrogen-bond donors (Lipinski definition) is 0. The molecular weight excluding hydrogens is 380 g/mol. The highest BCUT2D eigenvalue weighted by Crippen LogP contribution is 2.58. The molecule has 4 fully saturated rings. The van der Waals surface area contributed by atoms with Crippen LogP contribution in [-0.2, 0) is 5.41 Å². The van der Waals surface area contributed by atoms with Crippen molar-refractivity contribution in [2.75, 3.05) is 5.88 Å². The summed E-state index contributed by atoms with van der Waals surface area (Å²) < 4.78 is 6.63. The number of hydrogen-bond acceptors (Lipinski definition) is 1. The molecule has 154 valence electrons. The Bertz CT molecular complexity index is 728. The van der Waals surface area contributed by atoms with Crippen molar-refractivity contribution < 1.29 is 4.43 Å². The minimum Gasteiger partial charge on any atom is -0.546 e. The van der Waals surface area contributed by atoms with Gasteiger partial charge in [-0.3, -0.25) is 0 Å². The number of benzene rings is 1. The zero-order valence-electron chi connectivity index (χ0n) is 18.4. The van der Waals surface area contributed by atoms with Gasteiger partial charge >= 0.3 is 0 Å². The highest BCUT2D eigenvalue weighted by Gasteiger charge is 2.46. The third kappa shape index (κ3) is 3.84. The van der Waals surface area contributed by atoms with Crippen molar-refractivity contribution in [2.45, 2.75) is 77.8 Å². The minimum atomic E-state index is -1.21. The average molecular weight is 417 g/mol. The normalized spacial score (nSPS) is 28.9. The van der Waals surface area contributed by atoms with Crippen molar-refractivity contribution in [3.8, 4) is 5.75 Å². The molecule has 4 saturated carbocycles. The largest absolute Gasteiger partial charge is 0.546 e. The summed E-state index contributed by atoms with van der Waals surface area (Å²) in [5.41, 5.74) is 6.10. The Morgan fingerprint density at radius 2 is 1.64 bits per heavy atom. The summed E-state index contributed by atoms with van der Waals surface area (Å²) in [6.07, 6.45) is 8.15. The lowest BCUT2D eigenvalue weighted by Gasteiger charge is -2.52. The monoisotopic (exact) mass is 416 g/mol. The summed E-state index contributed by atoms with van der Waals surface area (Å²) in [5, 5.41) is 0. The quantitative estimate of drug-likeness (QED) is 0.364. The van der Waals surface area contributed by atoms with Crippen molar-refractivity contribution in [2.24, 2.45) is 23.7 Å². The van der Waals surface area contributed by atoms with Crippen LogP contribution in [0.5, 0.6) is 5.75 Å². The summed E-state index contributed by atoms with van der Waals surface area (Å²) in [7, 11) is -1.21. The number of halogens is 1. The van der Waals surface area contributed by atoms with Gasteiger partial charge in [0.15, 0.2) is 0 Å². The van der Waals surface area contributed by atoms with Gasteiger partial charge in [-0.2, -0.15) is 0 Å². The first kappa shape index (κ1) is 20.5. The van der Waals surface area contributed by atoms with Crippen molar-refractivity contribution in [1.82, 2.24) is 0 Å². The maximum Gasteiger partial charge on any atom is 0.229 e. The zero-order chi connectivity index (χ0) is 20.1. The fraction of sp³-hybridized carbons (Fsp3) is 0.680. The maximum absolute atomic E-state index is 6.63. The van der Waals surface area contributed by atoms with Gasteiger partial charge in [-0.25, -0.2) is 0 Å². The molecule has 0 radical (unpaired) electrons. The molecule has 0 amide bonds. The summed E-state index contributed by atoms with van der Waals surface area (Å²) >= 11 is 6.38. The Hall–Kier alpha value is -0.733. The van der Waals surface area contributed by atoms with E-state index >= 15 is 0 Å². The number of alkyl halides is 1. The summed E-state index contributed by atoms with van der Waals surface area (Å²) in [6.45, 7) is 11.5. The molecule has 0 unspecified atom stereocenters. The second kappa shape index (κ2) is 7.83. The van der Waals surface area contributed by atoms with Crippen LogP contribution in [0.2, 0.25) is 13.1 Å². The number of allylic oxidation sites excluding steroid dienone is 2. The van der Waals surface area contributed by atoms with Crippen molar-refractivity contribution in [1.29, 1.82) is 0 Å². The van der Waals surface area contributed by atoms with Gasteiger partial charge in [-0.15, -0.1) is 11.6 Å². The average Bonchev–Trinajstić information content (AvgIpc) is 2.59. The molecular formula is C25H37ClOSi. The van der Waals surface area contributed by atoms with E-state index in [9.17, 15) is 0 Å². The number of rotatable bonds is 5. The van der Waals surface area contributed by atoms with Crippen LogP contribution in [0.3, 0.4) is 0 Å². The SMILES string of the molecule is C[SiH](C)Oc1c(C(CCCl)=C2C3CC4CC(C3)CC2C4)cccc1C(C)(C)C. The van der Waals surface area contributed by atoms with E-state index in [0.717, 1.165) is 35.8 Å². The molecule has 28 heavy (non-hydrogen) atoms. The standard InChI is InChI=1S/C25H37ClOSi/c1-25(2,3)22-8-6-7-21(24(22)27-28(4)5)20(9-10-26)23-18-12-16-11-17(14-18)15-19(23)13-16/h6-8,16-19,28H,9-15H2,1-5H3. The first-order chi connectivity index (χ1) is 13.3. The van der Waals surface area contributed by atoms with Crippen LogP contribution >= 0.6 is 11.6 Å². The fourth-order valence-electron chi connectivity index (χ4n) is 6.44. The maximum atomic E-state index is 6.63. The molecule has 3 heteroatoms. The topological polar surface area (TPSA) is 9.23 Å². The van der Waals surface area contributed by atoms with Crippen LogP contribution < -0.4 is 4.43 Å². The third-order valence-electron chi connectivity index (χ3n) is 7.21. The van der Waals surface area contributed by atoms with Crippen LogP contribution in [0.15, 0.2) is 23.8 Å². The predicted molar refractivity (Wildman–Crippen MR) is 124 cm³/mol. The van der Waals surface area contributed by atoms with E-state index in [1.54, 1.807) is 11.1 Å². The molecule has 0 atom stereocenters. The summed E-state index contributed by atoms with van der Waals surface area (Å²) in [5.74, 6) is 5.45. The summed E-state index contributed by atoms with van der Waals surface area (Å²) in [6, 6.07) is 6.84. The fourth-order valence-corrected chi connectivity index (χ4v) is 7.36. The molecule has 4 aliphatic rings. The number of para-hydroxylation sites is 1. The molecule has 5 rings (SSSR count). The van der Waals surface area contributed by atoms with Crippen molar-refractivity contribution in [3.63, 3.8) is 0 Å². The van der Waals surface area contributed by atoms with Gasteiger partial charge in [-0.05, 0) is 91.8 Å². The van der Waals surface area contributed by atoms with Crippen LogP contribution in [-0.4, -0.2) is 14.9 Å². The van der Waals surface area contributed by atoms with E-state index in [1.807, 2.05) is 0 Å². The molecule has 0 aromatic heterocycles. The lowest BCUT2D eigenvalue weighted by molar-refractivity contribution is 0.0702. The predicted octanol–water partition coefficient (Wildman–Crippen LogP) is 7.18. The Morgan fingerprint density at radius 3 is 2.14 bits per heavy atom. The van der Waals surface area contributed by atoms with Crippen LogP contribution in [0.4, 0.5) is 0 Å². The van der Waals surface area contributed by atoms with Crippen LogP contribution in [0.25, 0.3) is 5.57 Å². The summed E-state index contributed by atoms with van der Waals surface area (Å²) in [4.78, 5) is 0. The molecule has 1 aromatic carbocycles. The lowest BCUT2D eigenvalue weighted by Crippen LogP contribution is -2.40. The van der Waals surface area contributed by atoms with Crippen molar-refractivity contribution in [3.05, 3.63) is 34.9 Å². The molecule has 0 aliphatic heterocycles. The van der Waals surface area contributed by atoms with E-state index < -0.39 is 9.04 Å². The smallest absolute Gasteiger partial charge is 0.229 e. The van der Waals surface area contributed by atoms with Crippen LogP contribution in [0.1, 0.15) is 70.4 Å². The Morgan fingerprint density at radius 1 is 1.04 bits per heavy atom. The van der Waals surface area contributed by atoms with Gasteiger partial charge in [0.1, 0.15) is 5.75 Å². The van der Waals surface area contributed by atoms with Gasteiger partial charge in [0, 0.05) is 11.4 Å². The minimum absolute atomic E-state index is 0.0788. The highest BCUT2D eigenvalue weighted by molar-refractivity contribution is 6.49. The van der Waals surface area contributed by atoms with Gasteiger partial charge in [0.2, 0.25) is 9.04 Å². The van der Waals surface area contributed by atoms with Gasteiger partial charge in [0.25, 0.3) is 0 Å². The first-order valence-corrected chi connectivity index (χ1v) is 14.7. The van der Waals surface area contributed by atoms with Gasteiger partial charge < -0.3 is 4.43 Å². The second-order valence-electron chi connectivity index (χ2n) is 10.8. The van der Waals surface area contributed by atoms with E-state index in [2.05, 4.69) is 52.1 Å². The van der Waals surface area contributed by atoms with Crippen molar-refractivity contribution >= 4 is 26.2 Å². The molecule has 1 nitrogen and oxygen atoms in total. The molecule has 4 aliphatic carbocycles. The Balaban J connectivity index is 1.87. The Kier molecular flexibility index (Phi) is 5.75. The van der Waals surface area contributed by atoms with E-state index in [1.165, 1.54) is 43.2 Å². The molecule has 0 N–H and O–H groups in total. The van der Waals surface area contributed by atoms with Gasteiger partial charge in [-0.1, -0.05) is 44.5 Å². The van der Waals surface area contributed by atoms with Gasteiger partial charge in [0.05, 0.1) is 0 Å². The lowest BCUT2D eigenvalue weighted by atomic mass is 9.53. The molecule has 0 heterocycles. The first-order valence-electron chi connectivity index (χ1n) is 11.4. The van der Waals surface area contributed by atoms with E-state index in [-0.39, 0.29) is 5.41 Å².